The molecule has 1 heterocycles. The minimum atomic E-state index is -0.527. The average molecular weight is 297 g/mol. The Balaban J connectivity index is 2.03. The van der Waals surface area contributed by atoms with Crippen LogP contribution in [0.4, 0.5) is 5.82 Å². The van der Waals surface area contributed by atoms with E-state index in [2.05, 4.69) is 4.98 Å². The summed E-state index contributed by atoms with van der Waals surface area (Å²) in [6.07, 6.45) is 2.08. The Morgan fingerprint density at radius 3 is 2.63 bits per heavy atom. The Kier molecular flexibility index (Phi) is 4.64. The minimum Gasteiger partial charge on any atom is -0.392 e. The number of rotatable bonds is 4. The normalized spacial score (nSPS) is 12.4. The summed E-state index contributed by atoms with van der Waals surface area (Å²) >= 11 is 11.9. The Morgan fingerprint density at radius 1 is 1.16 bits per heavy atom. The van der Waals surface area contributed by atoms with Crippen molar-refractivity contribution in [1.29, 1.82) is 0 Å². The number of hydrogen-bond acceptors (Lipinski definition) is 3. The number of nitrogens with zero attached hydrogens (tertiary/aromatic N) is 1. The maximum atomic E-state index is 10.1. The maximum Gasteiger partial charge on any atom is 0.123 e. The van der Waals surface area contributed by atoms with Gasteiger partial charge in [0.05, 0.1) is 6.10 Å². The summed E-state index contributed by atoms with van der Waals surface area (Å²) < 4.78 is 0. The van der Waals surface area contributed by atoms with Crippen LogP contribution in [0, 0.1) is 0 Å². The lowest BCUT2D eigenvalue weighted by Crippen LogP contribution is -2.14. The summed E-state index contributed by atoms with van der Waals surface area (Å²) in [7, 11) is 0. The molecule has 2 aromatic rings. The highest BCUT2D eigenvalue weighted by molar-refractivity contribution is 6.35. The van der Waals surface area contributed by atoms with Crippen LogP contribution in [0.1, 0.15) is 11.1 Å². The van der Waals surface area contributed by atoms with E-state index in [0.29, 0.717) is 28.7 Å². The molecule has 3 N–H and O–H groups in total. The molecule has 0 saturated carbocycles. The third-order valence-corrected chi connectivity index (χ3v) is 3.37. The van der Waals surface area contributed by atoms with Gasteiger partial charge in [0, 0.05) is 22.7 Å². The Bertz CT molecular complexity index is 575. The standard InChI is InChI=1S/C14H14Cl2N2O/c15-11-2-1-10(13(16)8-11)7-12(19)5-9-3-4-18-14(17)6-9/h1-4,6,8,12,19H,5,7H2,(H2,17,18). The van der Waals surface area contributed by atoms with Crippen LogP contribution >= 0.6 is 23.2 Å². The highest BCUT2D eigenvalue weighted by Crippen LogP contribution is 2.22. The van der Waals surface area contributed by atoms with Gasteiger partial charge in [-0.25, -0.2) is 4.98 Å². The fraction of sp³-hybridized carbons (Fsp3) is 0.214. The van der Waals surface area contributed by atoms with Crippen LogP contribution in [0.25, 0.3) is 0 Å². The van der Waals surface area contributed by atoms with Crippen LogP contribution < -0.4 is 5.73 Å². The van der Waals surface area contributed by atoms with Crippen molar-refractivity contribution in [3.8, 4) is 0 Å². The monoisotopic (exact) mass is 296 g/mol. The van der Waals surface area contributed by atoms with Gasteiger partial charge in [-0.05, 0) is 41.8 Å². The molecule has 19 heavy (non-hydrogen) atoms. The first-order valence-electron chi connectivity index (χ1n) is 5.87. The van der Waals surface area contributed by atoms with E-state index < -0.39 is 6.10 Å². The van der Waals surface area contributed by atoms with Crippen LogP contribution in [0.2, 0.25) is 10.0 Å². The minimum absolute atomic E-state index is 0.453. The lowest BCUT2D eigenvalue weighted by Gasteiger charge is -2.12. The third-order valence-electron chi connectivity index (χ3n) is 2.79. The van der Waals surface area contributed by atoms with Crippen molar-refractivity contribution in [3.63, 3.8) is 0 Å². The Hall–Kier alpha value is -1.29. The Labute approximate surface area is 122 Å². The van der Waals surface area contributed by atoms with Gasteiger partial charge in [-0.1, -0.05) is 29.3 Å². The van der Waals surface area contributed by atoms with Crippen LogP contribution in [0.3, 0.4) is 0 Å². The molecule has 2 rings (SSSR count). The number of nitrogen functional groups attached to an aromatic ring is 1. The van der Waals surface area contributed by atoms with Crippen molar-refractivity contribution < 1.29 is 5.11 Å². The maximum absolute atomic E-state index is 10.1. The van der Waals surface area contributed by atoms with E-state index in [1.165, 1.54) is 0 Å². The molecule has 0 aliphatic rings. The fourth-order valence-corrected chi connectivity index (χ4v) is 2.39. The summed E-state index contributed by atoms with van der Waals surface area (Å²) in [6, 6.07) is 8.86. The first kappa shape index (κ1) is 14.1. The molecule has 0 bridgehead atoms. The van der Waals surface area contributed by atoms with Gasteiger partial charge in [-0.3, -0.25) is 0 Å². The number of anilines is 1. The van der Waals surface area contributed by atoms with Gasteiger partial charge < -0.3 is 10.8 Å². The molecule has 0 aliphatic carbocycles. The second kappa shape index (κ2) is 6.24. The lowest BCUT2D eigenvalue weighted by atomic mass is 10.0. The molecule has 0 radical (unpaired) electrons. The molecule has 100 valence electrons. The zero-order valence-corrected chi connectivity index (χ0v) is 11.7. The van der Waals surface area contributed by atoms with E-state index in [9.17, 15) is 5.11 Å². The molecule has 3 nitrogen and oxygen atoms in total. The van der Waals surface area contributed by atoms with Gasteiger partial charge in [0.2, 0.25) is 0 Å². The summed E-state index contributed by atoms with van der Waals surface area (Å²) in [4.78, 5) is 3.92. The van der Waals surface area contributed by atoms with Crippen molar-refractivity contribution in [3.05, 3.63) is 57.7 Å². The molecule has 0 aliphatic heterocycles. The van der Waals surface area contributed by atoms with E-state index >= 15 is 0 Å². The molecule has 0 amide bonds. The molecule has 0 saturated heterocycles. The van der Waals surface area contributed by atoms with Crippen molar-refractivity contribution in [2.75, 3.05) is 5.73 Å². The van der Waals surface area contributed by atoms with Crippen molar-refractivity contribution in [2.45, 2.75) is 18.9 Å². The second-order valence-corrected chi connectivity index (χ2v) is 5.23. The van der Waals surface area contributed by atoms with Crippen molar-refractivity contribution in [2.24, 2.45) is 0 Å². The number of benzene rings is 1. The molecule has 5 heteroatoms. The van der Waals surface area contributed by atoms with Crippen LogP contribution in [0.5, 0.6) is 0 Å². The van der Waals surface area contributed by atoms with E-state index in [1.807, 2.05) is 12.1 Å². The van der Waals surface area contributed by atoms with Gasteiger partial charge in [0.15, 0.2) is 0 Å². The molecule has 0 fully saturated rings. The topological polar surface area (TPSA) is 59.1 Å². The summed E-state index contributed by atoms with van der Waals surface area (Å²) in [5.41, 5.74) is 7.42. The van der Waals surface area contributed by atoms with E-state index in [4.69, 9.17) is 28.9 Å². The number of aliphatic hydroxyl groups excluding tert-OH is 1. The third kappa shape index (κ3) is 4.10. The number of halogens is 2. The zero-order chi connectivity index (χ0) is 13.8. The van der Waals surface area contributed by atoms with Crippen molar-refractivity contribution >= 4 is 29.0 Å². The number of hydrogen-bond donors (Lipinski definition) is 2. The lowest BCUT2D eigenvalue weighted by molar-refractivity contribution is 0.175. The van der Waals surface area contributed by atoms with Crippen LogP contribution in [-0.2, 0) is 12.8 Å². The van der Waals surface area contributed by atoms with E-state index in [0.717, 1.165) is 11.1 Å². The SMILES string of the molecule is Nc1cc(CC(O)Cc2ccc(Cl)cc2Cl)ccn1. The van der Waals surface area contributed by atoms with E-state index in [-0.39, 0.29) is 0 Å². The summed E-state index contributed by atoms with van der Waals surface area (Å²) in [5.74, 6) is 0.453. The fourth-order valence-electron chi connectivity index (χ4n) is 1.91. The highest BCUT2D eigenvalue weighted by atomic mass is 35.5. The molecule has 1 aromatic carbocycles. The predicted molar refractivity (Wildman–Crippen MR) is 78.5 cm³/mol. The predicted octanol–water partition coefficient (Wildman–Crippen LogP) is 3.12. The molecule has 1 unspecified atom stereocenters. The molecule has 1 aromatic heterocycles. The number of pyridine rings is 1. The highest BCUT2D eigenvalue weighted by Gasteiger charge is 2.10. The van der Waals surface area contributed by atoms with Crippen molar-refractivity contribution in [1.82, 2.24) is 4.98 Å². The van der Waals surface area contributed by atoms with Gasteiger partial charge in [-0.15, -0.1) is 0 Å². The van der Waals surface area contributed by atoms with Gasteiger partial charge in [0.25, 0.3) is 0 Å². The van der Waals surface area contributed by atoms with Crippen LogP contribution in [0.15, 0.2) is 36.5 Å². The smallest absolute Gasteiger partial charge is 0.123 e. The second-order valence-electron chi connectivity index (χ2n) is 4.39. The summed E-state index contributed by atoms with van der Waals surface area (Å²) in [6.45, 7) is 0. The quantitative estimate of drug-likeness (QED) is 0.911. The number of aliphatic hydroxyl groups is 1. The molecular formula is C14H14Cl2N2O. The summed E-state index contributed by atoms with van der Waals surface area (Å²) in [5, 5.41) is 11.2. The van der Waals surface area contributed by atoms with Gasteiger partial charge in [0.1, 0.15) is 5.82 Å². The Morgan fingerprint density at radius 2 is 1.95 bits per heavy atom. The average Bonchev–Trinajstić information content (AvgIpc) is 2.33. The first-order valence-corrected chi connectivity index (χ1v) is 6.62. The zero-order valence-electron chi connectivity index (χ0n) is 10.2. The molecule has 1 atom stereocenters. The number of aromatic nitrogens is 1. The molecular weight excluding hydrogens is 283 g/mol. The first-order chi connectivity index (χ1) is 9.04. The van der Waals surface area contributed by atoms with Gasteiger partial charge in [-0.2, -0.15) is 0 Å². The number of nitrogens with two attached hydrogens (primary N) is 1. The van der Waals surface area contributed by atoms with Crippen LogP contribution in [-0.4, -0.2) is 16.2 Å². The molecule has 0 spiro atoms. The van der Waals surface area contributed by atoms with E-state index in [1.54, 1.807) is 24.4 Å². The largest absolute Gasteiger partial charge is 0.392 e. The van der Waals surface area contributed by atoms with Gasteiger partial charge >= 0.3 is 0 Å².